The molecule has 12 heteroatoms. The molecule has 0 radical (unpaired) electrons. The maximum absolute atomic E-state index is 17.7. The molecule has 0 aliphatic rings. The van der Waals surface area contributed by atoms with E-state index in [0.717, 1.165) is 132 Å². The SMILES string of the molecule is N#Cc1cc(-n2c3cc(-n4c5ccccc5c5ccccc54)ccc3c3ccc(-n4c5ccccc5c5ccccc54)cc32)c(-c2c(F)c(F)c(F)c(F)c2F)cc1-n1c2cc(-n3c4ccccc4c4ccccc43)ccc2c2ccc(-n3c4ccccc4c4ccccc43)cc21. The molecule has 0 saturated carbocycles. The molecule has 0 unspecified atom stereocenters. The lowest BCUT2D eigenvalue weighted by Gasteiger charge is -2.20. The van der Waals surface area contributed by atoms with Crippen LogP contribution in [0.2, 0.25) is 0 Å². The molecule has 20 aromatic rings. The highest BCUT2D eigenvalue weighted by molar-refractivity contribution is 6.17. The average molecular weight is 1260 g/mol. The van der Waals surface area contributed by atoms with Gasteiger partial charge in [0.2, 0.25) is 5.82 Å². The average Bonchev–Trinajstić information content (AvgIpc) is 1.58. The fourth-order valence-corrected chi connectivity index (χ4v) is 15.9. The quantitative estimate of drug-likeness (QED) is 0.0891. The lowest BCUT2D eigenvalue weighted by atomic mass is 9.97. The number of nitriles is 1. The number of halogens is 5. The fourth-order valence-electron chi connectivity index (χ4n) is 15.9. The molecule has 0 spiro atoms. The van der Waals surface area contributed by atoms with Gasteiger partial charge in [-0.3, -0.25) is 0 Å². The molecule has 6 heterocycles. The summed E-state index contributed by atoms with van der Waals surface area (Å²) in [6, 6.07) is 95.1. The third-order valence-corrected chi connectivity index (χ3v) is 20.0. The molecule has 20 rings (SSSR count). The lowest BCUT2D eigenvalue weighted by Crippen LogP contribution is -2.09. The first kappa shape index (κ1) is 54.6. The standard InChI is InChI=1S/C85H46F5N7/c86-81-80(82(87)84(89)85(90)83(81)88)65-46-74(96-76-42-49(92-66-25-9-1-17-53(66)54-18-2-10-26-67(54)92)33-37-61(76)62-38-34-50(43-77(62)96)93-68-27-11-3-19-55(68)56-20-4-12-28-69(56)93)48(47-91)41-75(65)97-78-44-51(94-70-29-13-5-21-57(70)58-22-6-14-30-71(58)94)35-39-63(78)64-40-36-52(45-79(64)97)95-72-31-15-7-23-59(72)60-24-8-16-32-73(60)95/h1-46H. The number of benzene rings is 14. The molecular weight excluding hydrogens is 1210 g/mol. The number of hydrogen-bond donors (Lipinski definition) is 0. The number of aromatic nitrogens is 6. The molecule has 7 nitrogen and oxygen atoms in total. The predicted molar refractivity (Wildman–Crippen MR) is 382 cm³/mol. The number of nitrogens with zero attached hydrogens (tertiary/aromatic N) is 7. The van der Waals surface area contributed by atoms with Gasteiger partial charge in [0.05, 0.1) is 88.7 Å². The Bertz CT molecular complexity index is 6340. The molecule has 14 aromatic carbocycles. The van der Waals surface area contributed by atoms with Crippen LogP contribution in [0.4, 0.5) is 22.0 Å². The van der Waals surface area contributed by atoms with Crippen molar-refractivity contribution in [2.75, 3.05) is 0 Å². The normalized spacial score (nSPS) is 12.2. The number of hydrogen-bond acceptors (Lipinski definition) is 1. The van der Waals surface area contributed by atoms with E-state index in [1.807, 2.05) is 167 Å². The van der Waals surface area contributed by atoms with Crippen molar-refractivity contribution in [1.29, 1.82) is 5.26 Å². The van der Waals surface area contributed by atoms with Crippen molar-refractivity contribution < 1.29 is 22.0 Å². The highest BCUT2D eigenvalue weighted by Crippen LogP contribution is 2.47. The van der Waals surface area contributed by atoms with Gasteiger partial charge in [-0.05, 0) is 109 Å². The van der Waals surface area contributed by atoms with Gasteiger partial charge in [-0.1, -0.05) is 170 Å². The number of fused-ring (bicyclic) bond motifs is 18. The van der Waals surface area contributed by atoms with Crippen LogP contribution < -0.4 is 0 Å². The molecule has 0 atom stereocenters. The van der Waals surface area contributed by atoms with E-state index in [0.29, 0.717) is 22.1 Å². The van der Waals surface area contributed by atoms with Crippen molar-refractivity contribution in [2.24, 2.45) is 0 Å². The van der Waals surface area contributed by atoms with E-state index in [1.54, 1.807) is 6.07 Å². The zero-order valence-corrected chi connectivity index (χ0v) is 51.1. The Morgan fingerprint density at radius 1 is 0.216 bits per heavy atom. The molecule has 456 valence electrons. The minimum Gasteiger partial charge on any atom is -0.309 e. The van der Waals surface area contributed by atoms with Crippen molar-refractivity contribution >= 4 is 131 Å². The zero-order valence-electron chi connectivity index (χ0n) is 51.1. The van der Waals surface area contributed by atoms with Gasteiger partial charge in [0, 0.05) is 92.9 Å². The van der Waals surface area contributed by atoms with E-state index in [4.69, 9.17) is 0 Å². The summed E-state index contributed by atoms with van der Waals surface area (Å²) < 4.78 is 96.6. The summed E-state index contributed by atoms with van der Waals surface area (Å²) in [7, 11) is 0. The van der Waals surface area contributed by atoms with Crippen LogP contribution in [0.5, 0.6) is 0 Å². The van der Waals surface area contributed by atoms with Crippen molar-refractivity contribution in [3.05, 3.63) is 314 Å². The maximum Gasteiger partial charge on any atom is 0.200 e. The van der Waals surface area contributed by atoms with Gasteiger partial charge >= 0.3 is 0 Å². The zero-order chi connectivity index (χ0) is 64.6. The predicted octanol–water partition coefficient (Wildman–Crippen LogP) is 22.5. The second-order valence-electron chi connectivity index (χ2n) is 24.9. The molecule has 0 N–H and O–H groups in total. The maximum atomic E-state index is 17.7. The van der Waals surface area contributed by atoms with Crippen LogP contribution in [0.25, 0.3) is 176 Å². The molecule has 0 aliphatic carbocycles. The third-order valence-electron chi connectivity index (χ3n) is 20.0. The number of rotatable bonds is 7. The van der Waals surface area contributed by atoms with Crippen LogP contribution in [-0.4, -0.2) is 27.4 Å². The summed E-state index contributed by atoms with van der Waals surface area (Å²) >= 11 is 0. The van der Waals surface area contributed by atoms with E-state index < -0.39 is 34.6 Å². The van der Waals surface area contributed by atoms with Gasteiger partial charge in [-0.2, -0.15) is 5.26 Å². The van der Waals surface area contributed by atoms with E-state index in [9.17, 15) is 5.26 Å². The Labute approximate surface area is 547 Å². The van der Waals surface area contributed by atoms with Gasteiger partial charge in [0.25, 0.3) is 0 Å². The molecule has 6 aromatic heterocycles. The van der Waals surface area contributed by atoms with Gasteiger partial charge in [-0.15, -0.1) is 0 Å². The van der Waals surface area contributed by atoms with Gasteiger partial charge < -0.3 is 27.4 Å². The lowest BCUT2D eigenvalue weighted by molar-refractivity contribution is 0.381. The van der Waals surface area contributed by atoms with Gasteiger partial charge in [0.15, 0.2) is 23.3 Å². The Kier molecular flexibility index (Phi) is 11.4. The molecular formula is C85H46F5N7. The summed E-state index contributed by atoms with van der Waals surface area (Å²) in [4.78, 5) is 0. The monoisotopic (exact) mass is 1260 g/mol. The number of para-hydroxylation sites is 8. The van der Waals surface area contributed by atoms with Crippen LogP contribution in [0.1, 0.15) is 5.56 Å². The van der Waals surface area contributed by atoms with E-state index in [2.05, 4.69) is 134 Å². The van der Waals surface area contributed by atoms with Crippen LogP contribution in [0.3, 0.4) is 0 Å². The summed E-state index contributed by atoms with van der Waals surface area (Å²) in [5.41, 5.74) is 11.4. The first-order chi connectivity index (χ1) is 47.7. The summed E-state index contributed by atoms with van der Waals surface area (Å²) in [5.74, 6) is -10.6. The third kappa shape index (κ3) is 7.53. The van der Waals surface area contributed by atoms with Crippen LogP contribution in [-0.2, 0) is 0 Å². The molecule has 0 saturated heterocycles. The van der Waals surface area contributed by atoms with Crippen LogP contribution >= 0.6 is 0 Å². The van der Waals surface area contributed by atoms with Crippen LogP contribution in [0, 0.1) is 40.4 Å². The Morgan fingerprint density at radius 3 is 0.701 bits per heavy atom. The second-order valence-corrected chi connectivity index (χ2v) is 24.9. The Morgan fingerprint density at radius 2 is 0.443 bits per heavy atom. The minimum atomic E-state index is -2.30. The molecule has 0 aliphatic heterocycles. The first-order valence-corrected chi connectivity index (χ1v) is 31.9. The van der Waals surface area contributed by atoms with Crippen molar-refractivity contribution in [1.82, 2.24) is 27.4 Å². The smallest absolute Gasteiger partial charge is 0.200 e. The Hall–Kier alpha value is -13.0. The van der Waals surface area contributed by atoms with Crippen LogP contribution in [0.15, 0.2) is 279 Å². The summed E-state index contributed by atoms with van der Waals surface area (Å²) in [5, 5.41) is 23.4. The van der Waals surface area contributed by atoms with Crippen molar-refractivity contribution in [3.63, 3.8) is 0 Å². The van der Waals surface area contributed by atoms with Crippen molar-refractivity contribution in [3.8, 4) is 51.3 Å². The van der Waals surface area contributed by atoms with Gasteiger partial charge in [0.1, 0.15) is 6.07 Å². The molecule has 0 amide bonds. The van der Waals surface area contributed by atoms with Gasteiger partial charge in [-0.25, -0.2) is 22.0 Å². The summed E-state index contributed by atoms with van der Waals surface area (Å²) in [6.07, 6.45) is 0. The largest absolute Gasteiger partial charge is 0.309 e. The van der Waals surface area contributed by atoms with E-state index in [-0.39, 0.29) is 22.5 Å². The topological polar surface area (TPSA) is 53.4 Å². The Balaban J connectivity index is 0.936. The minimum absolute atomic E-state index is 0.0139. The van der Waals surface area contributed by atoms with E-state index in [1.165, 1.54) is 6.07 Å². The highest BCUT2D eigenvalue weighted by atomic mass is 19.2. The fraction of sp³-hybridized carbons (Fsp3) is 0. The molecule has 0 fully saturated rings. The van der Waals surface area contributed by atoms with E-state index >= 15 is 22.0 Å². The molecule has 0 bridgehead atoms. The van der Waals surface area contributed by atoms with Crippen molar-refractivity contribution in [2.45, 2.75) is 0 Å². The second kappa shape index (κ2) is 20.3. The summed E-state index contributed by atoms with van der Waals surface area (Å²) in [6.45, 7) is 0. The molecule has 97 heavy (non-hydrogen) atoms. The highest BCUT2D eigenvalue weighted by Gasteiger charge is 2.32. The first-order valence-electron chi connectivity index (χ1n) is 31.9.